The van der Waals surface area contributed by atoms with Crippen LogP contribution in [0.1, 0.15) is 27.2 Å². The van der Waals surface area contributed by atoms with Crippen LogP contribution in [-0.2, 0) is 6.54 Å². The zero-order chi connectivity index (χ0) is 13.8. The van der Waals surface area contributed by atoms with Crippen molar-refractivity contribution in [2.75, 3.05) is 0 Å². The van der Waals surface area contributed by atoms with Gasteiger partial charge in [0, 0.05) is 12.1 Å². The minimum Gasteiger partial charge on any atom is -0.469 e. The molecule has 0 fully saturated rings. The topological polar surface area (TPSA) is 68.3 Å². The van der Waals surface area contributed by atoms with E-state index in [4.69, 9.17) is 22.4 Å². The highest BCUT2D eigenvalue weighted by atomic mass is 32.1. The van der Waals surface area contributed by atoms with E-state index >= 15 is 0 Å². The fourth-order valence-electron chi connectivity index (χ4n) is 1.63. The van der Waals surface area contributed by atoms with Crippen molar-refractivity contribution in [3.63, 3.8) is 0 Å². The van der Waals surface area contributed by atoms with Crippen LogP contribution in [0.5, 0.6) is 0 Å². The average Bonchev–Trinajstić information content (AvgIpc) is 2.83. The van der Waals surface area contributed by atoms with Gasteiger partial charge in [0.25, 0.3) is 5.91 Å². The van der Waals surface area contributed by atoms with Gasteiger partial charge in [-0.1, -0.05) is 36.5 Å². The van der Waals surface area contributed by atoms with Crippen LogP contribution in [0.4, 0.5) is 0 Å². The van der Waals surface area contributed by atoms with E-state index < -0.39 is 0 Å². The van der Waals surface area contributed by atoms with Crippen LogP contribution in [0, 0.1) is 6.92 Å². The first-order valence-corrected chi connectivity index (χ1v) is 6.19. The Morgan fingerprint density at radius 3 is 2.53 bits per heavy atom. The molecule has 0 spiro atoms. The van der Waals surface area contributed by atoms with Gasteiger partial charge in [0.15, 0.2) is 0 Å². The largest absolute Gasteiger partial charge is 0.469 e. The molecule has 0 saturated heterocycles. The molecule has 0 bridgehead atoms. The molecule has 98 valence electrons. The van der Waals surface area contributed by atoms with Crippen molar-refractivity contribution < 1.29 is 9.21 Å². The summed E-state index contributed by atoms with van der Waals surface area (Å²) >= 11 is 4.88. The highest BCUT2D eigenvalue weighted by Gasteiger charge is 2.08. The van der Waals surface area contributed by atoms with E-state index in [1.165, 1.54) is 6.26 Å². The van der Waals surface area contributed by atoms with Gasteiger partial charge < -0.3 is 15.5 Å². The molecular weight excluding hydrogens is 260 g/mol. The highest BCUT2D eigenvalue weighted by molar-refractivity contribution is 7.80. The van der Waals surface area contributed by atoms with Gasteiger partial charge in [-0.25, -0.2) is 0 Å². The number of thiocarbonyl (C=S) groups is 1. The number of hydrogen-bond acceptors (Lipinski definition) is 3. The minimum absolute atomic E-state index is 0.157. The molecule has 0 atom stereocenters. The molecule has 4 nitrogen and oxygen atoms in total. The Morgan fingerprint density at radius 1 is 1.32 bits per heavy atom. The van der Waals surface area contributed by atoms with Crippen LogP contribution < -0.4 is 11.1 Å². The molecule has 5 heteroatoms. The summed E-state index contributed by atoms with van der Waals surface area (Å²) in [6, 6.07) is 9.15. The molecule has 0 aliphatic rings. The zero-order valence-corrected chi connectivity index (χ0v) is 11.3. The first-order chi connectivity index (χ1) is 9.06. The molecule has 0 aliphatic heterocycles. The first-order valence-electron chi connectivity index (χ1n) is 5.78. The Kier molecular flexibility index (Phi) is 3.97. The number of benzene rings is 1. The maximum atomic E-state index is 11.8. The lowest BCUT2D eigenvalue weighted by Gasteiger charge is -2.05. The zero-order valence-electron chi connectivity index (χ0n) is 10.5. The molecule has 0 unspecified atom stereocenters. The highest BCUT2D eigenvalue weighted by Crippen LogP contribution is 2.07. The molecule has 2 aromatic rings. The molecule has 0 saturated carbocycles. The van der Waals surface area contributed by atoms with Gasteiger partial charge in [-0.2, -0.15) is 0 Å². The standard InChI is InChI=1S/C14H14N2O2S/c1-9-6-12(8-18-9)14(17)16-7-10-2-4-11(5-3-10)13(15)19/h2-6,8H,7H2,1H3,(H2,15,19)(H,16,17). The van der Waals surface area contributed by atoms with Crippen molar-refractivity contribution in [3.05, 3.63) is 59.0 Å². The van der Waals surface area contributed by atoms with E-state index in [9.17, 15) is 4.79 Å². The smallest absolute Gasteiger partial charge is 0.254 e. The van der Waals surface area contributed by atoms with Gasteiger partial charge >= 0.3 is 0 Å². The predicted octanol–water partition coefficient (Wildman–Crippen LogP) is 2.15. The number of nitrogens with two attached hydrogens (primary N) is 1. The van der Waals surface area contributed by atoms with E-state index in [0.29, 0.717) is 22.9 Å². The Morgan fingerprint density at radius 2 is 2.00 bits per heavy atom. The van der Waals surface area contributed by atoms with Gasteiger partial charge in [0.2, 0.25) is 0 Å². The van der Waals surface area contributed by atoms with E-state index in [2.05, 4.69) is 5.32 Å². The van der Waals surface area contributed by atoms with E-state index in [1.807, 2.05) is 24.3 Å². The van der Waals surface area contributed by atoms with E-state index in [-0.39, 0.29) is 5.91 Å². The Hall–Kier alpha value is -2.14. The molecule has 1 amide bonds. The number of aryl methyl sites for hydroxylation is 1. The molecule has 2 rings (SSSR count). The average molecular weight is 274 g/mol. The van der Waals surface area contributed by atoms with Crippen LogP contribution in [-0.4, -0.2) is 10.9 Å². The molecule has 0 aliphatic carbocycles. The quantitative estimate of drug-likeness (QED) is 0.838. The fraction of sp³-hybridized carbons (Fsp3) is 0.143. The number of carbonyl (C=O) groups is 1. The third-order valence-corrected chi connectivity index (χ3v) is 2.92. The molecule has 1 aromatic heterocycles. The maximum absolute atomic E-state index is 11.8. The SMILES string of the molecule is Cc1cc(C(=O)NCc2ccc(C(N)=S)cc2)co1. The van der Waals surface area contributed by atoms with Gasteiger partial charge in [0.05, 0.1) is 5.56 Å². The lowest BCUT2D eigenvalue weighted by Crippen LogP contribution is -2.22. The summed E-state index contributed by atoms with van der Waals surface area (Å²) in [7, 11) is 0. The van der Waals surface area contributed by atoms with Crippen LogP contribution in [0.2, 0.25) is 0 Å². The third-order valence-electron chi connectivity index (χ3n) is 2.68. The lowest BCUT2D eigenvalue weighted by molar-refractivity contribution is 0.0950. The summed E-state index contributed by atoms with van der Waals surface area (Å²) in [6.07, 6.45) is 1.45. The number of carbonyl (C=O) groups excluding carboxylic acids is 1. The van der Waals surface area contributed by atoms with Gasteiger partial charge in [-0.05, 0) is 18.6 Å². The van der Waals surface area contributed by atoms with Crippen molar-refractivity contribution in [1.82, 2.24) is 5.32 Å². The Balaban J connectivity index is 1.95. The monoisotopic (exact) mass is 274 g/mol. The summed E-state index contributed by atoms with van der Waals surface area (Å²) in [6.45, 7) is 2.24. The van der Waals surface area contributed by atoms with Crippen LogP contribution in [0.3, 0.4) is 0 Å². The van der Waals surface area contributed by atoms with Gasteiger partial charge in [-0.3, -0.25) is 4.79 Å². The van der Waals surface area contributed by atoms with Crippen molar-refractivity contribution in [2.45, 2.75) is 13.5 Å². The second kappa shape index (κ2) is 5.67. The summed E-state index contributed by atoms with van der Waals surface area (Å²) in [4.78, 5) is 12.2. The van der Waals surface area contributed by atoms with E-state index in [1.54, 1.807) is 13.0 Å². The van der Waals surface area contributed by atoms with E-state index in [0.717, 1.165) is 11.1 Å². The van der Waals surface area contributed by atoms with Crippen LogP contribution >= 0.6 is 12.2 Å². The molecule has 1 heterocycles. The molecule has 19 heavy (non-hydrogen) atoms. The van der Waals surface area contributed by atoms with Crippen molar-refractivity contribution in [3.8, 4) is 0 Å². The summed E-state index contributed by atoms with van der Waals surface area (Å²) in [5.41, 5.74) is 7.84. The maximum Gasteiger partial charge on any atom is 0.254 e. The minimum atomic E-state index is -0.157. The lowest BCUT2D eigenvalue weighted by atomic mass is 10.1. The number of hydrogen-bond donors (Lipinski definition) is 2. The second-order valence-corrected chi connectivity index (χ2v) is 4.63. The molecule has 3 N–H and O–H groups in total. The van der Waals surface area contributed by atoms with Crippen molar-refractivity contribution in [2.24, 2.45) is 5.73 Å². The van der Waals surface area contributed by atoms with Crippen LogP contribution in [0.15, 0.2) is 41.0 Å². The predicted molar refractivity (Wildman–Crippen MR) is 76.9 cm³/mol. The molecule has 0 radical (unpaired) electrons. The summed E-state index contributed by atoms with van der Waals surface area (Å²) in [5.74, 6) is 0.557. The normalized spacial score (nSPS) is 10.2. The number of furan rings is 1. The Labute approximate surface area is 116 Å². The number of amides is 1. The van der Waals surface area contributed by atoms with Gasteiger partial charge in [0.1, 0.15) is 17.0 Å². The summed E-state index contributed by atoms with van der Waals surface area (Å²) < 4.78 is 5.09. The summed E-state index contributed by atoms with van der Waals surface area (Å²) in [5, 5.41) is 2.81. The molecule has 1 aromatic carbocycles. The number of rotatable bonds is 4. The van der Waals surface area contributed by atoms with Gasteiger partial charge in [-0.15, -0.1) is 0 Å². The van der Waals surface area contributed by atoms with Crippen molar-refractivity contribution >= 4 is 23.1 Å². The fourth-order valence-corrected chi connectivity index (χ4v) is 1.77. The second-order valence-electron chi connectivity index (χ2n) is 4.19. The first kappa shape index (κ1) is 13.3. The molecular formula is C14H14N2O2S. The number of nitrogens with one attached hydrogen (secondary N) is 1. The Bertz CT molecular complexity index is 602. The van der Waals surface area contributed by atoms with Crippen molar-refractivity contribution in [1.29, 1.82) is 0 Å². The third kappa shape index (κ3) is 3.42. The van der Waals surface area contributed by atoms with Crippen LogP contribution in [0.25, 0.3) is 0 Å².